The van der Waals surface area contributed by atoms with Crippen LogP contribution in [0.25, 0.3) is 0 Å². The number of benzene rings is 3. The van der Waals surface area contributed by atoms with Crippen LogP contribution < -0.4 is 0 Å². The van der Waals surface area contributed by atoms with Gasteiger partial charge in [0.25, 0.3) is 0 Å². The van der Waals surface area contributed by atoms with Gasteiger partial charge in [-0.1, -0.05) is 97.9 Å². The third-order valence-corrected chi connectivity index (χ3v) is 5.88. The van der Waals surface area contributed by atoms with Gasteiger partial charge in [-0.2, -0.15) is 0 Å². The number of ether oxygens (including phenoxy) is 1. The standard InChI is InChI=1S/C27H26O3/c1-2-23(21-14-8-4-9-15-21)25-24(28)19-27(30-26(25)29,22-16-10-5-11-17-22)18-20-12-6-3-7-13-20/h3-17,19,23,25,28H,2,18H2,1H3. The molecule has 0 spiro atoms. The van der Waals surface area contributed by atoms with Crippen LogP contribution in [0.1, 0.15) is 36.0 Å². The summed E-state index contributed by atoms with van der Waals surface area (Å²) in [5.41, 5.74) is 1.87. The first-order valence-electron chi connectivity index (χ1n) is 10.4. The fraction of sp³-hybridized carbons (Fsp3) is 0.222. The van der Waals surface area contributed by atoms with Gasteiger partial charge in [-0.15, -0.1) is 0 Å². The topological polar surface area (TPSA) is 46.5 Å². The summed E-state index contributed by atoms with van der Waals surface area (Å²) in [7, 11) is 0. The van der Waals surface area contributed by atoms with Gasteiger partial charge in [0.2, 0.25) is 0 Å². The van der Waals surface area contributed by atoms with Gasteiger partial charge >= 0.3 is 5.97 Å². The van der Waals surface area contributed by atoms with E-state index < -0.39 is 11.5 Å². The summed E-state index contributed by atoms with van der Waals surface area (Å²) in [4.78, 5) is 13.3. The van der Waals surface area contributed by atoms with Crippen LogP contribution >= 0.6 is 0 Å². The maximum Gasteiger partial charge on any atom is 0.318 e. The van der Waals surface area contributed by atoms with Crippen molar-refractivity contribution in [3.63, 3.8) is 0 Å². The molecular weight excluding hydrogens is 372 g/mol. The predicted octanol–water partition coefficient (Wildman–Crippen LogP) is 5.93. The minimum atomic E-state index is -1.03. The first-order chi connectivity index (χ1) is 14.6. The van der Waals surface area contributed by atoms with E-state index in [1.807, 2.05) is 97.9 Å². The molecule has 3 heteroatoms. The van der Waals surface area contributed by atoms with E-state index >= 15 is 0 Å². The molecule has 3 nitrogen and oxygen atoms in total. The third kappa shape index (κ3) is 3.88. The second kappa shape index (κ2) is 8.58. The first-order valence-corrected chi connectivity index (χ1v) is 10.4. The molecule has 0 bridgehead atoms. The van der Waals surface area contributed by atoms with Crippen molar-refractivity contribution in [2.45, 2.75) is 31.3 Å². The minimum Gasteiger partial charge on any atom is -0.512 e. The summed E-state index contributed by atoms with van der Waals surface area (Å²) in [5, 5.41) is 11.1. The second-order valence-corrected chi connectivity index (χ2v) is 7.81. The highest BCUT2D eigenvalue weighted by Gasteiger charge is 2.46. The largest absolute Gasteiger partial charge is 0.512 e. The Kier molecular flexibility index (Phi) is 5.71. The Balaban J connectivity index is 1.77. The molecule has 1 aliphatic rings. The van der Waals surface area contributed by atoms with Crippen molar-refractivity contribution in [2.24, 2.45) is 5.92 Å². The zero-order chi connectivity index (χ0) is 21.0. The van der Waals surface area contributed by atoms with Crippen molar-refractivity contribution in [2.75, 3.05) is 0 Å². The molecule has 0 saturated carbocycles. The Morgan fingerprint density at radius 3 is 2.03 bits per heavy atom. The molecule has 152 valence electrons. The Morgan fingerprint density at radius 1 is 0.900 bits per heavy atom. The van der Waals surface area contributed by atoms with Crippen molar-refractivity contribution in [1.29, 1.82) is 0 Å². The van der Waals surface area contributed by atoms with Crippen molar-refractivity contribution in [3.05, 3.63) is 120 Å². The van der Waals surface area contributed by atoms with E-state index in [1.54, 1.807) is 6.08 Å². The number of aliphatic hydroxyl groups is 1. The number of hydrogen-bond donors (Lipinski definition) is 1. The molecule has 3 unspecified atom stereocenters. The highest BCUT2D eigenvalue weighted by Crippen LogP contribution is 2.43. The SMILES string of the molecule is CCC(c1ccccc1)C1C(=O)OC(Cc2ccccc2)(c2ccccc2)C=C1O. The number of carbonyl (C=O) groups excluding carboxylic acids is 1. The number of aliphatic hydroxyl groups excluding tert-OH is 1. The van der Waals surface area contributed by atoms with Crippen LogP contribution in [-0.4, -0.2) is 11.1 Å². The highest BCUT2D eigenvalue weighted by atomic mass is 16.6. The Labute approximate surface area is 177 Å². The van der Waals surface area contributed by atoms with Gasteiger partial charge in [0.05, 0.1) is 0 Å². The van der Waals surface area contributed by atoms with Crippen LogP contribution in [0.2, 0.25) is 0 Å². The lowest BCUT2D eigenvalue weighted by molar-refractivity contribution is -0.165. The molecule has 1 N–H and O–H groups in total. The van der Waals surface area contributed by atoms with Crippen LogP contribution in [-0.2, 0) is 21.6 Å². The van der Waals surface area contributed by atoms with Crippen molar-refractivity contribution < 1.29 is 14.6 Å². The third-order valence-electron chi connectivity index (χ3n) is 5.88. The fourth-order valence-electron chi connectivity index (χ4n) is 4.41. The second-order valence-electron chi connectivity index (χ2n) is 7.81. The van der Waals surface area contributed by atoms with E-state index in [9.17, 15) is 9.90 Å². The molecule has 0 amide bonds. The molecule has 0 aliphatic carbocycles. The predicted molar refractivity (Wildman–Crippen MR) is 118 cm³/mol. The van der Waals surface area contributed by atoms with Gasteiger partial charge in [0.15, 0.2) is 5.60 Å². The van der Waals surface area contributed by atoms with Gasteiger partial charge in [-0.25, -0.2) is 0 Å². The maximum absolute atomic E-state index is 13.3. The molecule has 0 saturated heterocycles. The zero-order valence-electron chi connectivity index (χ0n) is 17.1. The lowest BCUT2D eigenvalue weighted by Crippen LogP contribution is -2.42. The van der Waals surface area contributed by atoms with Crippen LogP contribution in [0.5, 0.6) is 0 Å². The van der Waals surface area contributed by atoms with Gasteiger partial charge in [0.1, 0.15) is 11.7 Å². The fourth-order valence-corrected chi connectivity index (χ4v) is 4.41. The smallest absolute Gasteiger partial charge is 0.318 e. The van der Waals surface area contributed by atoms with Crippen molar-refractivity contribution in [3.8, 4) is 0 Å². The molecule has 0 fully saturated rings. The molecule has 3 atom stereocenters. The first kappa shape index (κ1) is 20.0. The number of carbonyl (C=O) groups is 1. The molecule has 0 radical (unpaired) electrons. The summed E-state index contributed by atoms with van der Waals surface area (Å²) >= 11 is 0. The Morgan fingerprint density at radius 2 is 1.47 bits per heavy atom. The average Bonchev–Trinajstić information content (AvgIpc) is 2.78. The average molecular weight is 399 g/mol. The quantitative estimate of drug-likeness (QED) is 0.523. The van der Waals surface area contributed by atoms with E-state index in [4.69, 9.17) is 4.74 Å². The Hall–Kier alpha value is -3.33. The monoisotopic (exact) mass is 398 g/mol. The maximum atomic E-state index is 13.3. The molecule has 3 aromatic rings. The number of esters is 1. The molecule has 1 aliphatic heterocycles. The van der Waals surface area contributed by atoms with Crippen LogP contribution in [0, 0.1) is 5.92 Å². The summed E-state index contributed by atoms with van der Waals surface area (Å²) < 4.78 is 6.18. The van der Waals surface area contributed by atoms with Gasteiger partial charge in [-0.05, 0) is 23.1 Å². The molecule has 0 aromatic heterocycles. The summed E-state index contributed by atoms with van der Waals surface area (Å²) in [6.45, 7) is 2.03. The molecule has 1 heterocycles. The molecule has 4 rings (SSSR count). The summed E-state index contributed by atoms with van der Waals surface area (Å²) in [6.07, 6.45) is 2.92. The lowest BCUT2D eigenvalue weighted by Gasteiger charge is -2.39. The van der Waals surface area contributed by atoms with E-state index in [2.05, 4.69) is 0 Å². The van der Waals surface area contributed by atoms with Crippen molar-refractivity contribution in [1.82, 2.24) is 0 Å². The van der Waals surface area contributed by atoms with Crippen LogP contribution in [0.15, 0.2) is 103 Å². The highest BCUT2D eigenvalue weighted by molar-refractivity contribution is 5.79. The van der Waals surface area contributed by atoms with Crippen LogP contribution in [0.3, 0.4) is 0 Å². The van der Waals surface area contributed by atoms with Gasteiger partial charge < -0.3 is 9.84 Å². The van der Waals surface area contributed by atoms with Crippen molar-refractivity contribution >= 4 is 5.97 Å². The van der Waals surface area contributed by atoms with E-state index in [-0.39, 0.29) is 17.6 Å². The number of hydrogen-bond acceptors (Lipinski definition) is 3. The van der Waals surface area contributed by atoms with Crippen LogP contribution in [0.4, 0.5) is 0 Å². The summed E-state index contributed by atoms with van der Waals surface area (Å²) in [5.74, 6) is -1.14. The van der Waals surface area contributed by atoms with Gasteiger partial charge in [0, 0.05) is 18.4 Å². The number of cyclic esters (lactones) is 1. The van der Waals surface area contributed by atoms with E-state index in [0.29, 0.717) is 6.42 Å². The number of rotatable bonds is 6. The van der Waals surface area contributed by atoms with Gasteiger partial charge in [-0.3, -0.25) is 4.79 Å². The van der Waals surface area contributed by atoms with E-state index in [0.717, 1.165) is 23.1 Å². The molecule has 30 heavy (non-hydrogen) atoms. The van der Waals surface area contributed by atoms with E-state index in [1.165, 1.54) is 0 Å². The zero-order valence-corrected chi connectivity index (χ0v) is 17.1. The molecular formula is C27H26O3. The Bertz CT molecular complexity index is 1010. The molecule has 3 aromatic carbocycles. The lowest BCUT2D eigenvalue weighted by atomic mass is 9.77. The normalized spacial score (nSPS) is 22.1. The minimum absolute atomic E-state index is 0.0849. The summed E-state index contributed by atoms with van der Waals surface area (Å²) in [6, 6.07) is 29.4.